The molecule has 7 nitrogen and oxygen atoms in total. The summed E-state index contributed by atoms with van der Waals surface area (Å²) in [6.45, 7) is 0.627. The van der Waals surface area contributed by atoms with Crippen molar-refractivity contribution in [1.82, 2.24) is 9.55 Å². The standard InChI is InChI=1S/C15H15N3O4/c19-15(13-9-16-14-7-3-4-8-17(13)14)22-10-11-5-1-2-6-12(11)18(20)21/h1-2,5-6,9H,3-4,7-8,10H2. The van der Waals surface area contributed by atoms with Crippen LogP contribution in [0.1, 0.15) is 34.7 Å². The lowest BCUT2D eigenvalue weighted by Crippen LogP contribution is -2.17. The van der Waals surface area contributed by atoms with E-state index in [1.54, 1.807) is 18.2 Å². The van der Waals surface area contributed by atoms with Crippen molar-refractivity contribution < 1.29 is 14.5 Å². The van der Waals surface area contributed by atoms with Gasteiger partial charge in [-0.1, -0.05) is 12.1 Å². The number of imidazole rings is 1. The maximum atomic E-state index is 12.2. The molecule has 0 saturated carbocycles. The Balaban J connectivity index is 1.73. The Morgan fingerprint density at radius 3 is 3.00 bits per heavy atom. The first kappa shape index (κ1) is 14.2. The molecule has 0 spiro atoms. The van der Waals surface area contributed by atoms with Crippen molar-refractivity contribution in [2.24, 2.45) is 0 Å². The van der Waals surface area contributed by atoms with E-state index < -0.39 is 10.9 Å². The van der Waals surface area contributed by atoms with E-state index in [1.807, 2.05) is 4.57 Å². The molecule has 0 saturated heterocycles. The molecule has 1 aliphatic rings. The van der Waals surface area contributed by atoms with Crippen molar-refractivity contribution in [3.05, 3.63) is 57.7 Å². The van der Waals surface area contributed by atoms with Gasteiger partial charge in [0.25, 0.3) is 5.69 Å². The lowest BCUT2D eigenvalue weighted by Gasteiger charge is -2.15. The van der Waals surface area contributed by atoms with Gasteiger partial charge in [0.1, 0.15) is 18.1 Å². The van der Waals surface area contributed by atoms with E-state index in [9.17, 15) is 14.9 Å². The number of fused-ring (bicyclic) bond motifs is 1. The zero-order chi connectivity index (χ0) is 15.5. The molecule has 0 amide bonds. The van der Waals surface area contributed by atoms with Gasteiger partial charge in [-0.3, -0.25) is 10.1 Å². The van der Waals surface area contributed by atoms with Crippen molar-refractivity contribution in [1.29, 1.82) is 0 Å². The second kappa shape index (κ2) is 5.97. The topological polar surface area (TPSA) is 87.3 Å². The first-order valence-corrected chi connectivity index (χ1v) is 7.10. The van der Waals surface area contributed by atoms with Crippen LogP contribution in [-0.2, 0) is 24.3 Å². The number of nitro benzene ring substituents is 1. The van der Waals surface area contributed by atoms with E-state index in [-0.39, 0.29) is 12.3 Å². The molecule has 2 heterocycles. The first-order valence-electron chi connectivity index (χ1n) is 7.10. The summed E-state index contributed by atoms with van der Waals surface area (Å²) in [5.74, 6) is 0.391. The van der Waals surface area contributed by atoms with Gasteiger partial charge in [-0.2, -0.15) is 0 Å². The number of aryl methyl sites for hydroxylation is 1. The third-order valence-corrected chi connectivity index (χ3v) is 3.73. The van der Waals surface area contributed by atoms with Crippen LogP contribution in [0, 0.1) is 10.1 Å². The fraction of sp³-hybridized carbons (Fsp3) is 0.333. The van der Waals surface area contributed by atoms with Gasteiger partial charge in [-0.25, -0.2) is 9.78 Å². The van der Waals surface area contributed by atoms with E-state index in [2.05, 4.69) is 4.98 Å². The van der Waals surface area contributed by atoms with E-state index in [1.165, 1.54) is 12.3 Å². The lowest BCUT2D eigenvalue weighted by molar-refractivity contribution is -0.385. The lowest BCUT2D eigenvalue weighted by atomic mass is 10.1. The molecule has 0 radical (unpaired) electrons. The molecule has 0 aliphatic carbocycles. The Kier molecular flexibility index (Phi) is 3.86. The number of para-hydroxylation sites is 1. The van der Waals surface area contributed by atoms with Gasteiger partial charge in [0, 0.05) is 19.0 Å². The van der Waals surface area contributed by atoms with Crippen LogP contribution in [-0.4, -0.2) is 20.4 Å². The summed E-state index contributed by atoms with van der Waals surface area (Å²) in [6.07, 6.45) is 4.45. The summed E-state index contributed by atoms with van der Waals surface area (Å²) < 4.78 is 7.09. The molecule has 1 aromatic carbocycles. The highest BCUT2D eigenvalue weighted by Gasteiger charge is 2.21. The van der Waals surface area contributed by atoms with Crippen LogP contribution in [0.2, 0.25) is 0 Å². The van der Waals surface area contributed by atoms with Crippen LogP contribution >= 0.6 is 0 Å². The fourth-order valence-corrected chi connectivity index (χ4v) is 2.61. The van der Waals surface area contributed by atoms with Crippen LogP contribution in [0.4, 0.5) is 5.69 Å². The Morgan fingerprint density at radius 1 is 1.36 bits per heavy atom. The second-order valence-electron chi connectivity index (χ2n) is 5.13. The first-order chi connectivity index (χ1) is 10.7. The van der Waals surface area contributed by atoms with Crippen molar-refractivity contribution in [3.63, 3.8) is 0 Å². The number of rotatable bonds is 4. The molecule has 0 N–H and O–H groups in total. The summed E-state index contributed by atoms with van der Waals surface area (Å²) in [6, 6.07) is 6.23. The molecule has 0 atom stereocenters. The summed E-state index contributed by atoms with van der Waals surface area (Å²) >= 11 is 0. The van der Waals surface area contributed by atoms with Crippen molar-refractivity contribution in [2.45, 2.75) is 32.4 Å². The number of carbonyl (C=O) groups is 1. The number of nitrogens with zero attached hydrogens (tertiary/aromatic N) is 3. The van der Waals surface area contributed by atoms with Crippen LogP contribution in [0.25, 0.3) is 0 Å². The Hall–Kier alpha value is -2.70. The van der Waals surface area contributed by atoms with E-state index in [0.29, 0.717) is 11.3 Å². The minimum absolute atomic E-state index is 0.0504. The van der Waals surface area contributed by atoms with Crippen LogP contribution in [0.15, 0.2) is 30.5 Å². The molecule has 114 valence electrons. The highest BCUT2D eigenvalue weighted by Crippen LogP contribution is 2.20. The second-order valence-corrected chi connectivity index (χ2v) is 5.13. The molecular weight excluding hydrogens is 286 g/mol. The number of aromatic nitrogens is 2. The van der Waals surface area contributed by atoms with Gasteiger partial charge in [-0.05, 0) is 18.9 Å². The number of ether oxygens (including phenoxy) is 1. The summed E-state index contributed by atoms with van der Waals surface area (Å²) in [4.78, 5) is 26.9. The van der Waals surface area contributed by atoms with Crippen LogP contribution in [0.3, 0.4) is 0 Å². The summed E-state index contributed by atoms with van der Waals surface area (Å²) in [5.41, 5.74) is 0.734. The Morgan fingerprint density at radius 2 is 2.18 bits per heavy atom. The van der Waals surface area contributed by atoms with E-state index in [0.717, 1.165) is 31.6 Å². The number of hydrogen-bond acceptors (Lipinski definition) is 5. The molecule has 22 heavy (non-hydrogen) atoms. The van der Waals surface area contributed by atoms with Gasteiger partial charge in [0.2, 0.25) is 0 Å². The molecule has 1 aliphatic heterocycles. The van der Waals surface area contributed by atoms with Gasteiger partial charge in [0.15, 0.2) is 0 Å². The molecule has 2 aromatic rings. The predicted octanol–water partition coefficient (Wildman–Crippen LogP) is 2.48. The number of carbonyl (C=O) groups excluding carboxylic acids is 1. The normalized spacial score (nSPS) is 13.5. The third-order valence-electron chi connectivity index (χ3n) is 3.73. The summed E-state index contributed by atoms with van der Waals surface area (Å²) in [7, 11) is 0. The van der Waals surface area contributed by atoms with Gasteiger partial charge in [-0.15, -0.1) is 0 Å². The number of esters is 1. The van der Waals surface area contributed by atoms with Gasteiger partial charge in [0.05, 0.1) is 16.7 Å². The molecule has 3 rings (SSSR count). The Labute approximate surface area is 126 Å². The zero-order valence-corrected chi connectivity index (χ0v) is 11.9. The molecule has 7 heteroatoms. The zero-order valence-electron chi connectivity index (χ0n) is 11.9. The molecule has 0 fully saturated rings. The highest BCUT2D eigenvalue weighted by atomic mass is 16.6. The van der Waals surface area contributed by atoms with Crippen molar-refractivity contribution >= 4 is 11.7 Å². The monoisotopic (exact) mass is 301 g/mol. The highest BCUT2D eigenvalue weighted by molar-refractivity contribution is 5.87. The number of hydrogen-bond donors (Lipinski definition) is 0. The largest absolute Gasteiger partial charge is 0.456 e. The quantitative estimate of drug-likeness (QED) is 0.492. The maximum absolute atomic E-state index is 12.2. The van der Waals surface area contributed by atoms with Crippen LogP contribution < -0.4 is 0 Å². The molecular formula is C15H15N3O4. The SMILES string of the molecule is O=C(OCc1ccccc1[N+](=O)[O-])c1cnc2n1CCCC2. The minimum atomic E-state index is -0.501. The number of nitro groups is 1. The minimum Gasteiger partial charge on any atom is -0.456 e. The van der Waals surface area contributed by atoms with Crippen LogP contribution in [0.5, 0.6) is 0 Å². The van der Waals surface area contributed by atoms with Gasteiger partial charge >= 0.3 is 5.97 Å². The summed E-state index contributed by atoms with van der Waals surface area (Å²) in [5, 5.41) is 10.9. The number of benzene rings is 1. The van der Waals surface area contributed by atoms with Crippen molar-refractivity contribution in [2.75, 3.05) is 0 Å². The van der Waals surface area contributed by atoms with E-state index >= 15 is 0 Å². The smallest absolute Gasteiger partial charge is 0.356 e. The van der Waals surface area contributed by atoms with Crippen molar-refractivity contribution in [3.8, 4) is 0 Å². The molecule has 0 bridgehead atoms. The predicted molar refractivity (Wildman–Crippen MR) is 77.4 cm³/mol. The maximum Gasteiger partial charge on any atom is 0.356 e. The average molecular weight is 301 g/mol. The third kappa shape index (κ3) is 2.69. The van der Waals surface area contributed by atoms with Gasteiger partial charge < -0.3 is 9.30 Å². The Bertz CT molecular complexity index is 723. The fourth-order valence-electron chi connectivity index (χ4n) is 2.61. The van der Waals surface area contributed by atoms with E-state index in [4.69, 9.17) is 4.74 Å². The average Bonchev–Trinajstić information content (AvgIpc) is 2.97. The molecule has 1 aromatic heterocycles. The molecule has 0 unspecified atom stereocenters.